The number of fused-ring (bicyclic) bond motifs is 1. The molecule has 108 valence electrons. The third-order valence-corrected chi connectivity index (χ3v) is 4.84. The molecule has 1 aliphatic carbocycles. The summed E-state index contributed by atoms with van der Waals surface area (Å²) in [6.45, 7) is 2.38. The first-order valence-corrected chi connectivity index (χ1v) is 7.81. The van der Waals surface area contributed by atoms with Crippen molar-refractivity contribution in [1.82, 2.24) is 10.2 Å². The Morgan fingerprint density at radius 2 is 2.00 bits per heavy atom. The minimum absolute atomic E-state index is 0.0923. The molecule has 20 heavy (non-hydrogen) atoms. The summed E-state index contributed by atoms with van der Waals surface area (Å²) >= 11 is 0. The van der Waals surface area contributed by atoms with Gasteiger partial charge in [-0.1, -0.05) is 24.6 Å². The van der Waals surface area contributed by atoms with Gasteiger partial charge < -0.3 is 5.32 Å². The van der Waals surface area contributed by atoms with Gasteiger partial charge in [0, 0.05) is 26.2 Å². The molecular formula is C17H24N2O. The Hall–Kier alpha value is -1.35. The zero-order chi connectivity index (χ0) is 13.9. The highest BCUT2D eigenvalue weighted by molar-refractivity contribution is 5.78. The van der Waals surface area contributed by atoms with E-state index in [1.165, 1.54) is 43.5 Å². The third kappa shape index (κ3) is 2.88. The maximum Gasteiger partial charge on any atom is 0.224 e. The van der Waals surface area contributed by atoms with Crippen LogP contribution in [0.3, 0.4) is 0 Å². The lowest BCUT2D eigenvalue weighted by atomic mass is 9.91. The molecule has 0 bridgehead atoms. The number of amides is 1. The fraction of sp³-hybridized carbons (Fsp3) is 0.588. The van der Waals surface area contributed by atoms with E-state index in [4.69, 9.17) is 0 Å². The van der Waals surface area contributed by atoms with Crippen molar-refractivity contribution in [3.63, 3.8) is 0 Å². The van der Waals surface area contributed by atoms with Crippen molar-refractivity contribution in [3.8, 4) is 0 Å². The molecule has 0 saturated heterocycles. The average Bonchev–Trinajstić information content (AvgIpc) is 2.60. The van der Waals surface area contributed by atoms with Crippen molar-refractivity contribution in [2.75, 3.05) is 20.1 Å². The van der Waals surface area contributed by atoms with Crippen molar-refractivity contribution in [3.05, 3.63) is 34.9 Å². The second-order valence-electron chi connectivity index (χ2n) is 6.07. The third-order valence-electron chi connectivity index (χ3n) is 4.84. The number of carbonyl (C=O) groups is 1. The van der Waals surface area contributed by atoms with Crippen LogP contribution >= 0.6 is 0 Å². The summed E-state index contributed by atoms with van der Waals surface area (Å²) < 4.78 is 0. The standard InChI is InChI=1S/C17H24N2O/c1-18-17(20)12-13-5-6-14-7-9-19(16-3-2-4-16)10-8-15(14)11-13/h5-6,11,16H,2-4,7-10,12H2,1H3,(H,18,20). The molecule has 1 aromatic carbocycles. The van der Waals surface area contributed by atoms with Crippen molar-refractivity contribution < 1.29 is 4.79 Å². The molecule has 3 rings (SSSR count). The lowest BCUT2D eigenvalue weighted by molar-refractivity contribution is -0.119. The van der Waals surface area contributed by atoms with Gasteiger partial charge in [0.05, 0.1) is 6.42 Å². The second-order valence-corrected chi connectivity index (χ2v) is 6.07. The lowest BCUT2D eigenvalue weighted by Crippen LogP contribution is -2.41. The van der Waals surface area contributed by atoms with E-state index in [1.807, 2.05) is 0 Å². The fourth-order valence-corrected chi connectivity index (χ4v) is 3.30. The highest BCUT2D eigenvalue weighted by Crippen LogP contribution is 2.27. The van der Waals surface area contributed by atoms with Crippen LogP contribution in [0.2, 0.25) is 0 Å². The van der Waals surface area contributed by atoms with Gasteiger partial charge in [-0.3, -0.25) is 9.69 Å². The van der Waals surface area contributed by atoms with E-state index in [2.05, 4.69) is 28.4 Å². The van der Waals surface area contributed by atoms with Crippen molar-refractivity contribution in [2.24, 2.45) is 0 Å². The number of carbonyl (C=O) groups excluding carboxylic acids is 1. The average molecular weight is 272 g/mol. The Balaban J connectivity index is 1.69. The maximum atomic E-state index is 11.5. The van der Waals surface area contributed by atoms with E-state index in [1.54, 1.807) is 7.05 Å². The molecule has 0 aromatic heterocycles. The molecule has 1 saturated carbocycles. The number of hydrogen-bond acceptors (Lipinski definition) is 2. The molecule has 0 atom stereocenters. The summed E-state index contributed by atoms with van der Waals surface area (Å²) in [6, 6.07) is 7.44. The molecular weight excluding hydrogens is 248 g/mol. The number of likely N-dealkylation sites (N-methyl/N-ethyl adjacent to an activating group) is 1. The molecule has 0 unspecified atom stereocenters. The van der Waals surface area contributed by atoms with E-state index in [9.17, 15) is 4.79 Å². The first kappa shape index (κ1) is 13.6. The first-order chi connectivity index (χ1) is 9.76. The van der Waals surface area contributed by atoms with Crippen LogP contribution < -0.4 is 5.32 Å². The topological polar surface area (TPSA) is 32.3 Å². The number of rotatable bonds is 3. The minimum Gasteiger partial charge on any atom is -0.359 e. The van der Waals surface area contributed by atoms with Gasteiger partial charge >= 0.3 is 0 Å². The smallest absolute Gasteiger partial charge is 0.224 e. The first-order valence-electron chi connectivity index (χ1n) is 7.81. The summed E-state index contributed by atoms with van der Waals surface area (Å²) in [6.07, 6.45) is 6.97. The summed E-state index contributed by atoms with van der Waals surface area (Å²) in [7, 11) is 1.70. The molecule has 1 amide bonds. The summed E-state index contributed by atoms with van der Waals surface area (Å²) in [4.78, 5) is 14.2. The van der Waals surface area contributed by atoms with Gasteiger partial charge in [-0.25, -0.2) is 0 Å². The van der Waals surface area contributed by atoms with Crippen molar-refractivity contribution in [2.45, 2.75) is 44.6 Å². The van der Waals surface area contributed by atoms with Crippen LogP contribution in [0.4, 0.5) is 0 Å². The van der Waals surface area contributed by atoms with E-state index in [0.29, 0.717) is 6.42 Å². The normalized spacial score (nSPS) is 19.9. The van der Waals surface area contributed by atoms with Gasteiger partial charge in [-0.05, 0) is 42.4 Å². The monoisotopic (exact) mass is 272 g/mol. The highest BCUT2D eigenvalue weighted by Gasteiger charge is 2.26. The quantitative estimate of drug-likeness (QED) is 0.912. The van der Waals surface area contributed by atoms with Gasteiger partial charge in [0.15, 0.2) is 0 Å². The number of nitrogens with one attached hydrogen (secondary N) is 1. The van der Waals surface area contributed by atoms with Gasteiger partial charge in [-0.15, -0.1) is 0 Å². The molecule has 0 radical (unpaired) electrons. The fourth-order valence-electron chi connectivity index (χ4n) is 3.30. The molecule has 3 nitrogen and oxygen atoms in total. The largest absolute Gasteiger partial charge is 0.359 e. The van der Waals surface area contributed by atoms with Crippen LogP contribution in [0.15, 0.2) is 18.2 Å². The van der Waals surface area contributed by atoms with E-state index in [-0.39, 0.29) is 5.91 Å². The van der Waals surface area contributed by atoms with E-state index in [0.717, 1.165) is 24.4 Å². The van der Waals surface area contributed by atoms with Gasteiger partial charge in [0.2, 0.25) is 5.91 Å². The minimum atomic E-state index is 0.0923. The Bertz CT molecular complexity index is 494. The van der Waals surface area contributed by atoms with Gasteiger partial charge in [0.25, 0.3) is 0 Å². The van der Waals surface area contributed by atoms with E-state index < -0.39 is 0 Å². The molecule has 1 aromatic rings. The summed E-state index contributed by atoms with van der Waals surface area (Å²) in [5, 5.41) is 2.70. The number of hydrogen-bond donors (Lipinski definition) is 1. The SMILES string of the molecule is CNC(=O)Cc1ccc2c(c1)CCN(C1CCC1)CC2. The molecule has 1 aliphatic heterocycles. The Morgan fingerprint density at radius 1 is 1.25 bits per heavy atom. The Morgan fingerprint density at radius 3 is 2.65 bits per heavy atom. The Kier molecular flexibility index (Phi) is 4.06. The van der Waals surface area contributed by atoms with Crippen LogP contribution in [0.1, 0.15) is 36.0 Å². The van der Waals surface area contributed by atoms with Crippen molar-refractivity contribution >= 4 is 5.91 Å². The van der Waals surface area contributed by atoms with Crippen LogP contribution in [-0.4, -0.2) is 37.0 Å². The van der Waals surface area contributed by atoms with Crippen LogP contribution in [0.5, 0.6) is 0 Å². The summed E-state index contributed by atoms with van der Waals surface area (Å²) in [5.41, 5.74) is 4.07. The number of benzene rings is 1. The zero-order valence-electron chi connectivity index (χ0n) is 12.3. The molecule has 1 N–H and O–H groups in total. The summed E-state index contributed by atoms with van der Waals surface area (Å²) in [5.74, 6) is 0.0923. The predicted octanol–water partition coefficient (Wildman–Crippen LogP) is 1.93. The molecule has 0 spiro atoms. The van der Waals surface area contributed by atoms with E-state index >= 15 is 0 Å². The number of nitrogens with zero attached hydrogens (tertiary/aromatic N) is 1. The van der Waals surface area contributed by atoms with Crippen molar-refractivity contribution in [1.29, 1.82) is 0 Å². The molecule has 1 fully saturated rings. The molecule has 1 heterocycles. The second kappa shape index (κ2) is 5.96. The zero-order valence-corrected chi connectivity index (χ0v) is 12.3. The van der Waals surface area contributed by atoms with Gasteiger partial charge in [-0.2, -0.15) is 0 Å². The molecule has 3 heteroatoms. The predicted molar refractivity (Wildman–Crippen MR) is 80.8 cm³/mol. The van der Waals surface area contributed by atoms with Crippen LogP contribution in [0, 0.1) is 0 Å². The Labute approximate surface area is 121 Å². The molecule has 2 aliphatic rings. The van der Waals surface area contributed by atoms with Crippen LogP contribution in [-0.2, 0) is 24.1 Å². The lowest BCUT2D eigenvalue weighted by Gasteiger charge is -2.36. The maximum absolute atomic E-state index is 11.5. The highest BCUT2D eigenvalue weighted by atomic mass is 16.1. The van der Waals surface area contributed by atoms with Crippen LogP contribution in [0.25, 0.3) is 0 Å². The van der Waals surface area contributed by atoms with Gasteiger partial charge in [0.1, 0.15) is 0 Å².